The van der Waals surface area contributed by atoms with E-state index in [1.165, 1.54) is 65.3 Å². The van der Waals surface area contributed by atoms with Gasteiger partial charge in [0.15, 0.2) is 7.14 Å². The summed E-state index contributed by atoms with van der Waals surface area (Å²) in [6.07, 6.45) is 0. The summed E-state index contributed by atoms with van der Waals surface area (Å²) in [6.45, 7) is 2.04. The van der Waals surface area contributed by atoms with Crippen LogP contribution >= 0.6 is 7.14 Å². The normalized spacial score (nSPS) is 14.8. The fourth-order valence-corrected chi connectivity index (χ4v) is 12.8. The molecule has 0 amide bonds. The summed E-state index contributed by atoms with van der Waals surface area (Å²) in [5.74, 6) is 0.883. The molecular formula is C54H35N2OP. The van der Waals surface area contributed by atoms with E-state index in [9.17, 15) is 0 Å². The molecule has 1 atom stereocenters. The predicted octanol–water partition coefficient (Wildman–Crippen LogP) is 12.9. The van der Waals surface area contributed by atoms with Crippen LogP contribution in [0.5, 0.6) is 0 Å². The number of rotatable bonds is 4. The molecule has 2 heterocycles. The first kappa shape index (κ1) is 33.1. The zero-order chi connectivity index (χ0) is 38.5. The summed E-state index contributed by atoms with van der Waals surface area (Å²) >= 11 is 0. The minimum absolute atomic E-state index is 0.828. The van der Waals surface area contributed by atoms with Gasteiger partial charge in [-0.15, -0.1) is 0 Å². The topological polar surface area (TPSA) is 34.9 Å². The molecule has 1 aliphatic rings. The van der Waals surface area contributed by atoms with Crippen molar-refractivity contribution in [3.8, 4) is 39.1 Å². The molecule has 4 heteroatoms. The lowest BCUT2D eigenvalue weighted by atomic mass is 9.83. The maximum atomic E-state index is 16.0. The summed E-state index contributed by atoms with van der Waals surface area (Å²) in [4.78, 5) is 4.94. The number of imidazole rings is 1. The number of para-hydroxylation sites is 1. The average molecular weight is 759 g/mol. The fraction of sp³-hybridized carbons (Fsp3) is 0.0185. The summed E-state index contributed by atoms with van der Waals surface area (Å²) in [6, 6.07) is 69.1. The molecule has 0 saturated carbocycles. The van der Waals surface area contributed by atoms with Gasteiger partial charge in [0, 0.05) is 15.9 Å². The minimum Gasteiger partial charge on any atom is -0.308 e. The Morgan fingerprint density at radius 1 is 0.448 bits per heavy atom. The Labute approximate surface area is 335 Å². The molecule has 272 valence electrons. The third-order valence-electron chi connectivity index (χ3n) is 12.3. The van der Waals surface area contributed by atoms with Gasteiger partial charge >= 0.3 is 0 Å². The van der Waals surface area contributed by atoms with Crippen LogP contribution in [0.15, 0.2) is 194 Å². The molecule has 0 aliphatic carbocycles. The fourth-order valence-electron chi connectivity index (χ4n) is 9.79. The predicted molar refractivity (Wildman–Crippen MR) is 245 cm³/mol. The molecule has 0 bridgehead atoms. The van der Waals surface area contributed by atoms with Gasteiger partial charge in [0.2, 0.25) is 0 Å². The third kappa shape index (κ3) is 4.63. The van der Waals surface area contributed by atoms with Crippen LogP contribution in [-0.2, 0) is 4.57 Å². The second kappa shape index (κ2) is 12.5. The monoisotopic (exact) mass is 758 g/mol. The summed E-state index contributed by atoms with van der Waals surface area (Å²) in [5, 5.41) is 12.2. The van der Waals surface area contributed by atoms with Gasteiger partial charge in [-0.2, -0.15) is 0 Å². The van der Waals surface area contributed by atoms with E-state index in [1.807, 2.05) is 55.5 Å². The van der Waals surface area contributed by atoms with Gasteiger partial charge in [0.1, 0.15) is 5.82 Å². The van der Waals surface area contributed by atoms with E-state index in [-0.39, 0.29) is 0 Å². The van der Waals surface area contributed by atoms with Crippen molar-refractivity contribution in [1.82, 2.24) is 9.55 Å². The van der Waals surface area contributed by atoms with Gasteiger partial charge < -0.3 is 4.57 Å². The molecule has 11 aromatic rings. The van der Waals surface area contributed by atoms with Crippen molar-refractivity contribution in [3.63, 3.8) is 0 Å². The maximum absolute atomic E-state index is 16.0. The highest BCUT2D eigenvalue weighted by atomic mass is 31.2. The highest BCUT2D eigenvalue weighted by Gasteiger charge is 2.39. The SMILES string of the molecule is Cc1nc2cccc3c2n1-c1ccc(-c2ccc4c(-c5cccc6ccccc56)c5ccccc5c(-c5cccc6ccccc56)c4c2)cc1P3(=O)c1ccccc1. The maximum Gasteiger partial charge on any atom is 0.175 e. The molecule has 1 aromatic heterocycles. The van der Waals surface area contributed by atoms with Crippen LogP contribution in [0.3, 0.4) is 0 Å². The molecule has 0 spiro atoms. The molecule has 0 N–H and O–H groups in total. The van der Waals surface area contributed by atoms with Crippen molar-refractivity contribution in [2.75, 3.05) is 0 Å². The second-order valence-corrected chi connectivity index (χ2v) is 18.1. The molecule has 12 rings (SSSR count). The van der Waals surface area contributed by atoms with E-state index in [4.69, 9.17) is 4.98 Å². The van der Waals surface area contributed by atoms with Crippen molar-refractivity contribution in [3.05, 3.63) is 200 Å². The van der Waals surface area contributed by atoms with Crippen LogP contribution < -0.4 is 15.9 Å². The highest BCUT2D eigenvalue weighted by molar-refractivity contribution is 7.86. The largest absolute Gasteiger partial charge is 0.308 e. The Balaban J connectivity index is 1.18. The molecule has 0 saturated heterocycles. The van der Waals surface area contributed by atoms with Crippen LogP contribution in [-0.4, -0.2) is 9.55 Å². The van der Waals surface area contributed by atoms with Gasteiger partial charge in [-0.1, -0.05) is 164 Å². The molecule has 1 unspecified atom stereocenters. The number of hydrogen-bond acceptors (Lipinski definition) is 2. The third-order valence-corrected chi connectivity index (χ3v) is 15.4. The lowest BCUT2D eigenvalue weighted by molar-refractivity contribution is 0.592. The van der Waals surface area contributed by atoms with E-state index in [0.29, 0.717) is 0 Å². The molecule has 0 fully saturated rings. The quantitative estimate of drug-likeness (QED) is 0.132. The highest BCUT2D eigenvalue weighted by Crippen LogP contribution is 2.51. The van der Waals surface area contributed by atoms with Crippen LogP contribution in [0.2, 0.25) is 0 Å². The zero-order valence-corrected chi connectivity index (χ0v) is 32.6. The number of aromatic nitrogens is 2. The molecule has 0 radical (unpaired) electrons. The summed E-state index contributed by atoms with van der Waals surface area (Å²) in [7, 11) is -3.30. The van der Waals surface area contributed by atoms with Gasteiger partial charge in [0.25, 0.3) is 0 Å². The molecule has 1 aliphatic heterocycles. The Morgan fingerprint density at radius 2 is 0.983 bits per heavy atom. The first-order valence-corrected chi connectivity index (χ1v) is 21.5. The zero-order valence-electron chi connectivity index (χ0n) is 31.7. The lowest BCUT2D eigenvalue weighted by Gasteiger charge is -2.29. The van der Waals surface area contributed by atoms with Gasteiger partial charge in [-0.3, -0.25) is 4.57 Å². The van der Waals surface area contributed by atoms with Gasteiger partial charge in [0.05, 0.1) is 16.7 Å². The number of nitrogens with zero attached hydrogens (tertiary/aromatic N) is 2. The van der Waals surface area contributed by atoms with Crippen LogP contribution in [0.25, 0.3) is 93.2 Å². The molecular weight excluding hydrogens is 724 g/mol. The number of fused-ring (bicyclic) bond motifs is 6. The van der Waals surface area contributed by atoms with Crippen molar-refractivity contribution < 1.29 is 4.57 Å². The minimum atomic E-state index is -3.30. The number of benzene rings is 10. The van der Waals surface area contributed by atoms with E-state index in [0.717, 1.165) is 49.6 Å². The Bertz CT molecular complexity index is 3550. The number of hydrogen-bond donors (Lipinski definition) is 0. The first-order valence-electron chi connectivity index (χ1n) is 19.8. The standard InChI is InChI=1S/C54H35N2OP/c1-34-55-48-26-13-27-50-54(48)56(34)49-31-29-38(33-51(49)58(50,57)39-18-3-2-4-19-39)37-28-30-46-47(32-37)53(43-25-12-17-36-15-6-8-21-41(36)43)45-23-10-9-22-44(45)52(46)42-24-11-16-35-14-5-7-20-40(35)42/h2-33H,1H3. The van der Waals surface area contributed by atoms with Crippen LogP contribution in [0, 0.1) is 6.92 Å². The van der Waals surface area contributed by atoms with E-state index in [1.54, 1.807) is 0 Å². The molecule has 58 heavy (non-hydrogen) atoms. The Morgan fingerprint density at radius 3 is 1.67 bits per heavy atom. The van der Waals surface area contributed by atoms with E-state index >= 15 is 4.57 Å². The molecule has 3 nitrogen and oxygen atoms in total. The van der Waals surface area contributed by atoms with E-state index < -0.39 is 7.14 Å². The Kier molecular flexibility index (Phi) is 7.12. The second-order valence-electron chi connectivity index (χ2n) is 15.4. The Hall–Kier alpha value is -7.06. The van der Waals surface area contributed by atoms with Gasteiger partial charge in [-0.05, 0) is 114 Å². The van der Waals surface area contributed by atoms with E-state index in [2.05, 4.69) is 150 Å². The smallest absolute Gasteiger partial charge is 0.175 e. The number of aryl methyl sites for hydroxylation is 1. The van der Waals surface area contributed by atoms with Crippen molar-refractivity contribution >= 4 is 77.2 Å². The van der Waals surface area contributed by atoms with Crippen molar-refractivity contribution in [2.45, 2.75) is 6.92 Å². The first-order chi connectivity index (χ1) is 28.6. The summed E-state index contributed by atoms with van der Waals surface area (Å²) in [5.41, 5.74) is 9.69. The van der Waals surface area contributed by atoms with Crippen LogP contribution in [0.1, 0.15) is 5.82 Å². The van der Waals surface area contributed by atoms with Crippen molar-refractivity contribution in [1.29, 1.82) is 0 Å². The van der Waals surface area contributed by atoms with Crippen LogP contribution in [0.4, 0.5) is 0 Å². The average Bonchev–Trinajstić information content (AvgIpc) is 3.63. The lowest BCUT2D eigenvalue weighted by Crippen LogP contribution is -2.33. The van der Waals surface area contributed by atoms with Crippen molar-refractivity contribution in [2.24, 2.45) is 0 Å². The molecule has 10 aromatic carbocycles. The van der Waals surface area contributed by atoms with Gasteiger partial charge in [-0.25, -0.2) is 4.98 Å². The summed E-state index contributed by atoms with van der Waals surface area (Å²) < 4.78 is 18.2.